The number of amides is 3. The van der Waals surface area contributed by atoms with Crippen LogP contribution < -0.4 is 16.0 Å². The number of piperidine rings is 1. The number of carbonyl (C=O) groups is 3. The van der Waals surface area contributed by atoms with Crippen LogP contribution in [0, 0.1) is 0 Å². The molecule has 0 saturated carbocycles. The Hall–Kier alpha value is -3.23. The lowest BCUT2D eigenvalue weighted by molar-refractivity contribution is -0.131. The van der Waals surface area contributed by atoms with Crippen molar-refractivity contribution in [3.63, 3.8) is 0 Å². The molecule has 0 aliphatic carbocycles. The van der Waals surface area contributed by atoms with E-state index in [1.165, 1.54) is 5.56 Å². The predicted octanol–water partition coefficient (Wildman–Crippen LogP) is 1.80. The van der Waals surface area contributed by atoms with Crippen molar-refractivity contribution < 1.29 is 14.4 Å². The number of fused-ring (bicyclic) bond motifs is 1. The molecule has 2 aliphatic heterocycles. The van der Waals surface area contributed by atoms with Gasteiger partial charge in [0.05, 0.1) is 6.54 Å². The standard InChI is InChI=1S/C27H35N5O3/c1-31(13-9-21-4-2-3-5-25(21)30-19-33)24-10-14-32(15-11-24)26(34)18-29-27(35)22-7-6-20-8-12-28-17-23(20)16-22/h2-7,16,19,24,28H,8-15,17-18H2,1H3,(H,29,35)(H,30,33). The van der Waals surface area contributed by atoms with E-state index in [9.17, 15) is 14.4 Å². The Labute approximate surface area is 207 Å². The second-order valence-electron chi connectivity index (χ2n) is 9.35. The molecule has 3 N–H and O–H groups in total. The van der Waals surface area contributed by atoms with E-state index >= 15 is 0 Å². The van der Waals surface area contributed by atoms with Crippen molar-refractivity contribution in [1.82, 2.24) is 20.4 Å². The summed E-state index contributed by atoms with van der Waals surface area (Å²) in [4.78, 5) is 40.3. The maximum absolute atomic E-state index is 12.7. The van der Waals surface area contributed by atoms with Crippen LogP contribution in [0.4, 0.5) is 5.69 Å². The summed E-state index contributed by atoms with van der Waals surface area (Å²) in [6.07, 6.45) is 4.34. The first kappa shape index (κ1) is 24.9. The molecule has 0 atom stereocenters. The van der Waals surface area contributed by atoms with Gasteiger partial charge in [0.15, 0.2) is 0 Å². The number of benzene rings is 2. The van der Waals surface area contributed by atoms with E-state index in [0.717, 1.165) is 62.1 Å². The van der Waals surface area contributed by atoms with Crippen molar-refractivity contribution >= 4 is 23.9 Å². The van der Waals surface area contributed by atoms with Gasteiger partial charge in [0.25, 0.3) is 5.91 Å². The summed E-state index contributed by atoms with van der Waals surface area (Å²) in [6, 6.07) is 14.0. The molecule has 3 amide bonds. The van der Waals surface area contributed by atoms with E-state index in [0.29, 0.717) is 31.1 Å². The topological polar surface area (TPSA) is 93.8 Å². The van der Waals surface area contributed by atoms with Crippen LogP contribution in [0.1, 0.15) is 39.9 Å². The van der Waals surface area contributed by atoms with Crippen molar-refractivity contribution in [2.24, 2.45) is 0 Å². The molecule has 0 spiro atoms. The molecule has 8 nitrogen and oxygen atoms in total. The minimum Gasteiger partial charge on any atom is -0.343 e. The van der Waals surface area contributed by atoms with Crippen LogP contribution in [-0.4, -0.2) is 73.8 Å². The molecule has 4 rings (SSSR count). The van der Waals surface area contributed by atoms with Crippen molar-refractivity contribution in [1.29, 1.82) is 0 Å². The molecule has 186 valence electrons. The largest absolute Gasteiger partial charge is 0.343 e. The van der Waals surface area contributed by atoms with Gasteiger partial charge < -0.3 is 25.8 Å². The fraction of sp³-hybridized carbons (Fsp3) is 0.444. The van der Waals surface area contributed by atoms with Gasteiger partial charge in [0, 0.05) is 43.5 Å². The third-order valence-electron chi connectivity index (χ3n) is 7.16. The van der Waals surface area contributed by atoms with Gasteiger partial charge in [-0.3, -0.25) is 14.4 Å². The molecule has 2 heterocycles. The molecule has 8 heteroatoms. The number of hydrogen-bond acceptors (Lipinski definition) is 5. The van der Waals surface area contributed by atoms with Gasteiger partial charge in [0.1, 0.15) is 0 Å². The molecule has 2 aromatic rings. The normalized spacial score (nSPS) is 16.0. The van der Waals surface area contributed by atoms with E-state index in [4.69, 9.17) is 0 Å². The fourth-order valence-corrected chi connectivity index (χ4v) is 4.97. The molecule has 1 saturated heterocycles. The summed E-state index contributed by atoms with van der Waals surface area (Å²) >= 11 is 0. The maximum atomic E-state index is 12.7. The third kappa shape index (κ3) is 6.46. The zero-order valence-electron chi connectivity index (χ0n) is 20.4. The zero-order valence-corrected chi connectivity index (χ0v) is 20.4. The van der Waals surface area contributed by atoms with Crippen molar-refractivity contribution in [3.05, 3.63) is 64.7 Å². The first-order chi connectivity index (χ1) is 17.0. The van der Waals surface area contributed by atoms with Crippen molar-refractivity contribution in [3.8, 4) is 0 Å². The van der Waals surface area contributed by atoms with Crippen LogP contribution >= 0.6 is 0 Å². The van der Waals surface area contributed by atoms with E-state index in [-0.39, 0.29) is 18.4 Å². The van der Waals surface area contributed by atoms with Gasteiger partial charge in [-0.15, -0.1) is 0 Å². The fourth-order valence-electron chi connectivity index (χ4n) is 4.97. The zero-order chi connectivity index (χ0) is 24.6. The minimum atomic E-state index is -0.203. The summed E-state index contributed by atoms with van der Waals surface area (Å²) in [7, 11) is 2.12. The molecule has 0 radical (unpaired) electrons. The predicted molar refractivity (Wildman–Crippen MR) is 136 cm³/mol. The summed E-state index contributed by atoms with van der Waals surface area (Å²) in [5, 5.41) is 8.89. The first-order valence-corrected chi connectivity index (χ1v) is 12.4. The van der Waals surface area contributed by atoms with Crippen LogP contribution in [0.25, 0.3) is 0 Å². The highest BCUT2D eigenvalue weighted by atomic mass is 16.2. The van der Waals surface area contributed by atoms with Crippen LogP contribution in [-0.2, 0) is 29.0 Å². The van der Waals surface area contributed by atoms with E-state index < -0.39 is 0 Å². The molecule has 35 heavy (non-hydrogen) atoms. The van der Waals surface area contributed by atoms with Gasteiger partial charge >= 0.3 is 0 Å². The van der Waals surface area contributed by atoms with Crippen LogP contribution in [0.5, 0.6) is 0 Å². The number of rotatable bonds is 9. The highest BCUT2D eigenvalue weighted by Crippen LogP contribution is 2.19. The number of anilines is 1. The summed E-state index contributed by atoms with van der Waals surface area (Å²) in [5.41, 5.74) is 5.01. The average Bonchev–Trinajstić information content (AvgIpc) is 2.90. The molecule has 0 aromatic heterocycles. The van der Waals surface area contributed by atoms with E-state index in [1.807, 2.05) is 47.4 Å². The highest BCUT2D eigenvalue weighted by Gasteiger charge is 2.25. The lowest BCUT2D eigenvalue weighted by atomic mass is 9.98. The molecular formula is C27H35N5O3. The summed E-state index contributed by atoms with van der Waals surface area (Å²) < 4.78 is 0. The number of carbonyl (C=O) groups excluding carboxylic acids is 3. The molecular weight excluding hydrogens is 442 g/mol. The number of likely N-dealkylation sites (N-methyl/N-ethyl adjacent to an activating group) is 1. The van der Waals surface area contributed by atoms with Gasteiger partial charge in [-0.1, -0.05) is 24.3 Å². The quantitative estimate of drug-likeness (QED) is 0.479. The van der Waals surface area contributed by atoms with Crippen molar-refractivity contribution in [2.75, 3.05) is 45.1 Å². The van der Waals surface area contributed by atoms with Crippen LogP contribution in [0.15, 0.2) is 42.5 Å². The molecule has 0 bridgehead atoms. The van der Waals surface area contributed by atoms with Gasteiger partial charge in [-0.05, 0) is 74.2 Å². The van der Waals surface area contributed by atoms with Gasteiger partial charge in [-0.25, -0.2) is 0 Å². The number of para-hydroxylation sites is 1. The Morgan fingerprint density at radius 1 is 1.14 bits per heavy atom. The van der Waals surface area contributed by atoms with Crippen LogP contribution in [0.3, 0.4) is 0 Å². The monoisotopic (exact) mass is 477 g/mol. The Bertz CT molecular complexity index is 1050. The van der Waals surface area contributed by atoms with Gasteiger partial charge in [-0.2, -0.15) is 0 Å². The maximum Gasteiger partial charge on any atom is 0.251 e. The first-order valence-electron chi connectivity index (χ1n) is 12.4. The summed E-state index contributed by atoms with van der Waals surface area (Å²) in [6.45, 7) is 4.03. The minimum absolute atomic E-state index is 0.0230. The van der Waals surface area contributed by atoms with E-state index in [2.05, 4.69) is 27.9 Å². The smallest absolute Gasteiger partial charge is 0.251 e. The Morgan fingerprint density at radius 2 is 1.94 bits per heavy atom. The number of likely N-dealkylation sites (tertiary alicyclic amines) is 1. The second kappa shape index (κ2) is 12.0. The lowest BCUT2D eigenvalue weighted by Crippen LogP contribution is -2.48. The SMILES string of the molecule is CN(CCc1ccccc1NC=O)C1CCN(C(=O)CNC(=O)c2ccc3c(c2)CNCC3)CC1. The third-order valence-corrected chi connectivity index (χ3v) is 7.16. The molecule has 1 fully saturated rings. The van der Waals surface area contributed by atoms with Crippen LogP contribution in [0.2, 0.25) is 0 Å². The van der Waals surface area contributed by atoms with Crippen molar-refractivity contribution in [2.45, 2.75) is 38.3 Å². The highest BCUT2D eigenvalue weighted by molar-refractivity contribution is 5.96. The number of hydrogen-bond donors (Lipinski definition) is 3. The Morgan fingerprint density at radius 3 is 2.74 bits per heavy atom. The second-order valence-corrected chi connectivity index (χ2v) is 9.35. The molecule has 2 aromatic carbocycles. The Kier molecular flexibility index (Phi) is 8.50. The number of nitrogens with one attached hydrogen (secondary N) is 3. The lowest BCUT2D eigenvalue weighted by Gasteiger charge is -2.37. The average molecular weight is 478 g/mol. The Balaban J connectivity index is 1.20. The molecule has 0 unspecified atom stereocenters. The van der Waals surface area contributed by atoms with E-state index in [1.54, 1.807) is 0 Å². The van der Waals surface area contributed by atoms with Gasteiger partial charge in [0.2, 0.25) is 12.3 Å². The summed E-state index contributed by atoms with van der Waals surface area (Å²) in [5.74, 6) is -0.237. The number of nitrogens with zero attached hydrogens (tertiary/aromatic N) is 2. The molecule has 2 aliphatic rings.